The fourth-order valence-electron chi connectivity index (χ4n) is 2.81. The van der Waals surface area contributed by atoms with Gasteiger partial charge in [0, 0.05) is 6.54 Å². The fraction of sp³-hybridized carbons (Fsp3) is 0.273. The van der Waals surface area contributed by atoms with Gasteiger partial charge >= 0.3 is 0 Å². The van der Waals surface area contributed by atoms with Gasteiger partial charge in [0.1, 0.15) is 10.8 Å². The van der Waals surface area contributed by atoms with Crippen LogP contribution in [0.2, 0.25) is 5.02 Å². The summed E-state index contributed by atoms with van der Waals surface area (Å²) in [4.78, 5) is 12.5. The number of para-hydroxylation sites is 1. The van der Waals surface area contributed by atoms with E-state index in [-0.39, 0.29) is 17.6 Å². The molecule has 0 aliphatic heterocycles. The second kappa shape index (κ2) is 9.09. The lowest BCUT2D eigenvalue weighted by Gasteiger charge is -2.24. The number of hydrogen-bond acceptors (Lipinski definition) is 3. The van der Waals surface area contributed by atoms with Crippen molar-refractivity contribution in [2.45, 2.75) is 32.3 Å². The Kier molecular flexibility index (Phi) is 6.54. The zero-order valence-electron chi connectivity index (χ0n) is 16.4. The lowest BCUT2D eigenvalue weighted by atomic mass is 10.1. The van der Waals surface area contributed by atoms with E-state index in [2.05, 4.69) is 10.4 Å². The summed E-state index contributed by atoms with van der Waals surface area (Å²) in [6.07, 6.45) is 3.00. The van der Waals surface area contributed by atoms with E-state index in [0.29, 0.717) is 24.4 Å². The highest BCUT2D eigenvalue weighted by atomic mass is 35.5. The topological polar surface area (TPSA) is 56.2 Å². The number of nitrogens with one attached hydrogen (secondary N) is 1. The van der Waals surface area contributed by atoms with Crippen LogP contribution in [0, 0.1) is 5.82 Å². The molecular weight excluding hydrogens is 393 g/mol. The number of hydrogen-bond donors (Lipinski definition) is 1. The molecule has 1 aromatic heterocycles. The van der Waals surface area contributed by atoms with Crippen molar-refractivity contribution in [3.05, 3.63) is 77.2 Å². The van der Waals surface area contributed by atoms with Crippen molar-refractivity contribution in [3.63, 3.8) is 0 Å². The summed E-state index contributed by atoms with van der Waals surface area (Å²) in [6.45, 7) is 3.77. The van der Waals surface area contributed by atoms with Gasteiger partial charge in [-0.2, -0.15) is 0 Å². The molecule has 0 unspecified atom stereocenters. The molecule has 1 N–H and O–H groups in total. The van der Waals surface area contributed by atoms with Crippen molar-refractivity contribution < 1.29 is 13.9 Å². The second-order valence-corrected chi connectivity index (χ2v) is 7.57. The van der Waals surface area contributed by atoms with Crippen LogP contribution in [-0.4, -0.2) is 27.8 Å². The number of aryl methyl sites for hydroxylation is 1. The molecule has 0 aliphatic carbocycles. The van der Waals surface area contributed by atoms with Crippen LogP contribution in [0.15, 0.2) is 60.8 Å². The van der Waals surface area contributed by atoms with Crippen molar-refractivity contribution in [2.75, 3.05) is 6.54 Å². The van der Waals surface area contributed by atoms with Gasteiger partial charge in [0.25, 0.3) is 11.8 Å². The molecule has 7 heteroatoms. The Balaban J connectivity index is 1.55. The molecule has 29 heavy (non-hydrogen) atoms. The zero-order valence-corrected chi connectivity index (χ0v) is 17.1. The molecule has 0 saturated carbocycles. The van der Waals surface area contributed by atoms with Crippen LogP contribution in [0.4, 0.5) is 4.39 Å². The van der Waals surface area contributed by atoms with Gasteiger partial charge in [-0.3, -0.25) is 4.79 Å². The molecule has 0 aliphatic rings. The van der Waals surface area contributed by atoms with E-state index in [1.54, 1.807) is 30.8 Å². The molecule has 0 saturated heterocycles. The van der Waals surface area contributed by atoms with E-state index in [1.165, 1.54) is 12.1 Å². The lowest BCUT2D eigenvalue weighted by Crippen LogP contribution is -2.47. The first kappa shape index (κ1) is 20.9. The molecule has 0 atom stereocenters. The number of amides is 1. The average molecular weight is 416 g/mol. The Labute approximate surface area is 174 Å². The first-order valence-electron chi connectivity index (χ1n) is 9.37. The summed E-state index contributed by atoms with van der Waals surface area (Å²) < 4.78 is 20.6. The number of aromatic nitrogens is 2. The van der Waals surface area contributed by atoms with Crippen molar-refractivity contribution in [3.8, 4) is 11.6 Å². The highest BCUT2D eigenvalue weighted by molar-refractivity contribution is 6.31. The highest BCUT2D eigenvalue weighted by Gasteiger charge is 2.31. The van der Waals surface area contributed by atoms with Crippen LogP contribution in [0.5, 0.6) is 5.88 Å². The minimum Gasteiger partial charge on any atom is -0.459 e. The van der Waals surface area contributed by atoms with Crippen molar-refractivity contribution >= 4 is 17.5 Å². The van der Waals surface area contributed by atoms with Crippen LogP contribution in [-0.2, 0) is 11.2 Å². The third-order valence-electron chi connectivity index (χ3n) is 4.37. The number of nitrogens with zero attached hydrogens (tertiary/aromatic N) is 2. The zero-order chi connectivity index (χ0) is 20.9. The molecule has 1 amide bonds. The maximum atomic E-state index is 13.2. The van der Waals surface area contributed by atoms with E-state index < -0.39 is 5.60 Å². The van der Waals surface area contributed by atoms with E-state index in [4.69, 9.17) is 16.3 Å². The molecule has 152 valence electrons. The molecule has 3 aromatic rings. The first-order chi connectivity index (χ1) is 13.8. The predicted octanol–water partition coefficient (Wildman–Crippen LogP) is 4.57. The van der Waals surface area contributed by atoms with Gasteiger partial charge in [-0.05, 0) is 56.5 Å². The molecule has 0 bridgehead atoms. The third-order valence-corrected chi connectivity index (χ3v) is 4.63. The number of carbonyl (C=O) groups is 1. The standard InChI is InChI=1S/C22H23ClFN3O2/c1-22(2,21(28)25-13-7-9-16-8-6-10-17(24)14-16)29-20-19(23)15-27(26-20)18-11-4-3-5-12-18/h3-6,8,10-12,14-15H,7,9,13H2,1-2H3,(H,25,28). The van der Waals surface area contributed by atoms with E-state index >= 15 is 0 Å². The van der Waals surface area contributed by atoms with Crippen molar-refractivity contribution in [2.24, 2.45) is 0 Å². The minimum atomic E-state index is -1.15. The highest BCUT2D eigenvalue weighted by Crippen LogP contribution is 2.27. The fourth-order valence-corrected chi connectivity index (χ4v) is 2.98. The predicted molar refractivity (Wildman–Crippen MR) is 111 cm³/mol. The quantitative estimate of drug-likeness (QED) is 0.548. The van der Waals surface area contributed by atoms with Gasteiger partial charge in [0.15, 0.2) is 5.60 Å². The Morgan fingerprint density at radius 2 is 1.97 bits per heavy atom. The summed E-state index contributed by atoms with van der Waals surface area (Å²) in [5.74, 6) is -0.342. The van der Waals surface area contributed by atoms with Crippen LogP contribution in [0.3, 0.4) is 0 Å². The summed E-state index contributed by atoms with van der Waals surface area (Å²) in [5.41, 5.74) is 0.579. The Morgan fingerprint density at radius 3 is 2.69 bits per heavy atom. The SMILES string of the molecule is CC(C)(Oc1nn(-c2ccccc2)cc1Cl)C(=O)NCCCc1cccc(F)c1. The molecular formula is C22H23ClFN3O2. The summed E-state index contributed by atoms with van der Waals surface area (Å²) in [5, 5.41) is 7.51. The van der Waals surface area contributed by atoms with Crippen LogP contribution in [0.1, 0.15) is 25.8 Å². The van der Waals surface area contributed by atoms with Gasteiger partial charge < -0.3 is 10.1 Å². The Bertz CT molecular complexity index is 973. The van der Waals surface area contributed by atoms with Crippen LogP contribution in [0.25, 0.3) is 5.69 Å². The maximum Gasteiger partial charge on any atom is 0.263 e. The van der Waals surface area contributed by atoms with Gasteiger partial charge in [-0.15, -0.1) is 5.10 Å². The number of halogens is 2. The normalized spacial score (nSPS) is 11.3. The number of ether oxygens (including phenoxy) is 1. The molecule has 5 nitrogen and oxygen atoms in total. The smallest absolute Gasteiger partial charge is 0.263 e. The molecule has 0 radical (unpaired) electrons. The van der Waals surface area contributed by atoms with E-state index in [0.717, 1.165) is 11.3 Å². The van der Waals surface area contributed by atoms with E-state index in [9.17, 15) is 9.18 Å². The summed E-state index contributed by atoms with van der Waals surface area (Å²) in [7, 11) is 0. The van der Waals surface area contributed by atoms with Gasteiger partial charge in [-0.1, -0.05) is 41.9 Å². The Morgan fingerprint density at radius 1 is 1.21 bits per heavy atom. The third kappa shape index (κ3) is 5.57. The minimum absolute atomic E-state index is 0.190. The average Bonchev–Trinajstić information content (AvgIpc) is 3.05. The molecule has 2 aromatic carbocycles. The molecule has 0 fully saturated rings. The first-order valence-corrected chi connectivity index (χ1v) is 9.75. The summed E-state index contributed by atoms with van der Waals surface area (Å²) >= 11 is 6.24. The molecule has 1 heterocycles. The van der Waals surface area contributed by atoms with E-state index in [1.807, 2.05) is 36.4 Å². The monoisotopic (exact) mass is 415 g/mol. The number of rotatable bonds is 8. The van der Waals surface area contributed by atoms with Crippen molar-refractivity contribution in [1.29, 1.82) is 0 Å². The maximum absolute atomic E-state index is 13.2. The summed E-state index contributed by atoms with van der Waals surface area (Å²) in [6, 6.07) is 15.9. The second-order valence-electron chi connectivity index (χ2n) is 7.16. The number of benzene rings is 2. The Hall–Kier alpha value is -2.86. The molecule has 0 spiro atoms. The van der Waals surface area contributed by atoms with Gasteiger partial charge in [0.05, 0.1) is 11.9 Å². The van der Waals surface area contributed by atoms with Gasteiger partial charge in [0.2, 0.25) is 0 Å². The lowest BCUT2D eigenvalue weighted by molar-refractivity contribution is -0.134. The van der Waals surface area contributed by atoms with Crippen LogP contribution >= 0.6 is 11.6 Å². The largest absolute Gasteiger partial charge is 0.459 e. The van der Waals surface area contributed by atoms with Crippen LogP contribution < -0.4 is 10.1 Å². The van der Waals surface area contributed by atoms with Crippen molar-refractivity contribution in [1.82, 2.24) is 15.1 Å². The number of carbonyl (C=O) groups excluding carboxylic acids is 1. The van der Waals surface area contributed by atoms with Gasteiger partial charge in [-0.25, -0.2) is 9.07 Å². The molecule has 3 rings (SSSR count).